The van der Waals surface area contributed by atoms with Gasteiger partial charge in [0, 0.05) is 11.0 Å². The summed E-state index contributed by atoms with van der Waals surface area (Å²) in [4.78, 5) is 0. The molecule has 3 heteroatoms. The van der Waals surface area contributed by atoms with E-state index in [0.717, 1.165) is 16.9 Å². The molecular weight excluding hydrogens is 288 g/mol. The van der Waals surface area contributed by atoms with Crippen molar-refractivity contribution in [1.82, 2.24) is 0 Å². The van der Waals surface area contributed by atoms with Crippen LogP contribution in [-0.2, 0) is 0 Å². The van der Waals surface area contributed by atoms with Crippen LogP contribution in [0.4, 0.5) is 11.4 Å². The average molecular weight is 309 g/mol. The van der Waals surface area contributed by atoms with Crippen LogP contribution in [0, 0.1) is 5.92 Å². The molecule has 2 aliphatic rings. The minimum Gasteiger partial charge on any atom is -0.381 e. The van der Waals surface area contributed by atoms with Crippen LogP contribution in [0.15, 0.2) is 22.7 Å². The summed E-state index contributed by atoms with van der Waals surface area (Å²) in [6.45, 7) is 3.39. The molecule has 3 rings (SSSR count). The zero-order valence-corrected chi connectivity index (χ0v) is 12.5. The zero-order valence-electron chi connectivity index (χ0n) is 10.9. The molecule has 1 aliphatic heterocycles. The summed E-state index contributed by atoms with van der Waals surface area (Å²) >= 11 is 3.56. The molecule has 1 spiro atoms. The van der Waals surface area contributed by atoms with E-state index < -0.39 is 0 Å². The van der Waals surface area contributed by atoms with Crippen molar-refractivity contribution in [3.63, 3.8) is 0 Å². The summed E-state index contributed by atoms with van der Waals surface area (Å²) < 4.78 is 1.15. The van der Waals surface area contributed by atoms with Crippen LogP contribution in [0.2, 0.25) is 0 Å². The fraction of sp³-hybridized carbons (Fsp3) is 0.600. The summed E-state index contributed by atoms with van der Waals surface area (Å²) in [5.41, 5.74) is 2.78. The number of nitrogens with one attached hydrogen (secondary N) is 2. The fourth-order valence-electron chi connectivity index (χ4n) is 3.31. The number of hydrogen-bond acceptors (Lipinski definition) is 2. The first kappa shape index (κ1) is 12.3. The van der Waals surface area contributed by atoms with Crippen LogP contribution < -0.4 is 10.6 Å². The molecule has 2 nitrogen and oxygen atoms in total. The second kappa shape index (κ2) is 4.76. The highest BCUT2D eigenvalue weighted by Crippen LogP contribution is 2.41. The number of halogens is 1. The van der Waals surface area contributed by atoms with Gasteiger partial charge in [0.15, 0.2) is 0 Å². The Morgan fingerprint density at radius 2 is 2.06 bits per heavy atom. The van der Waals surface area contributed by atoms with E-state index >= 15 is 0 Å². The Kier molecular flexibility index (Phi) is 3.27. The van der Waals surface area contributed by atoms with Crippen molar-refractivity contribution in [2.75, 3.05) is 17.2 Å². The Morgan fingerprint density at radius 3 is 2.78 bits per heavy atom. The van der Waals surface area contributed by atoms with Crippen molar-refractivity contribution in [1.29, 1.82) is 0 Å². The topological polar surface area (TPSA) is 24.1 Å². The fourth-order valence-corrected chi connectivity index (χ4v) is 3.67. The number of fused-ring (bicyclic) bond motifs is 1. The molecule has 1 aliphatic carbocycles. The van der Waals surface area contributed by atoms with Crippen molar-refractivity contribution >= 4 is 27.3 Å². The maximum Gasteiger partial charge on any atom is 0.0592 e. The number of anilines is 2. The number of hydrogen-bond donors (Lipinski definition) is 2. The average Bonchev–Trinajstić information content (AvgIpc) is 2.39. The summed E-state index contributed by atoms with van der Waals surface area (Å²) in [5.74, 6) is 0.946. The van der Waals surface area contributed by atoms with E-state index in [1.54, 1.807) is 0 Å². The Balaban J connectivity index is 1.78. The maximum absolute atomic E-state index is 3.81. The summed E-state index contributed by atoms with van der Waals surface area (Å²) in [7, 11) is 0. The van der Waals surface area contributed by atoms with Crippen LogP contribution in [0.5, 0.6) is 0 Å². The Bertz CT molecular complexity index is 436. The van der Waals surface area contributed by atoms with E-state index in [1.807, 2.05) is 0 Å². The normalized spacial score (nSPS) is 30.4. The summed E-state index contributed by atoms with van der Waals surface area (Å²) in [6, 6.07) is 6.44. The Hall–Kier alpha value is -0.700. The first-order valence-corrected chi connectivity index (χ1v) is 7.82. The van der Waals surface area contributed by atoms with Crippen LogP contribution in [0.25, 0.3) is 0 Å². The number of rotatable bonds is 1. The van der Waals surface area contributed by atoms with Gasteiger partial charge in [-0.1, -0.05) is 29.3 Å². The largest absolute Gasteiger partial charge is 0.381 e. The molecule has 1 aromatic carbocycles. The summed E-state index contributed by atoms with van der Waals surface area (Å²) in [6.07, 6.45) is 6.67. The molecule has 0 aromatic heterocycles. The molecule has 18 heavy (non-hydrogen) atoms. The predicted molar refractivity (Wildman–Crippen MR) is 81.2 cm³/mol. The minimum atomic E-state index is 0.291. The highest BCUT2D eigenvalue weighted by atomic mass is 79.9. The summed E-state index contributed by atoms with van der Waals surface area (Å²) in [5, 5.41) is 7.41. The van der Waals surface area contributed by atoms with Gasteiger partial charge >= 0.3 is 0 Å². The highest BCUT2D eigenvalue weighted by molar-refractivity contribution is 9.10. The SMILES string of the molecule is CCC1CCC2(CC1)CNc1ccc(Br)cc1N2. The molecule has 0 unspecified atom stereocenters. The van der Waals surface area contributed by atoms with Gasteiger partial charge in [-0.05, 0) is 49.8 Å². The van der Waals surface area contributed by atoms with Gasteiger partial charge in [0.05, 0.1) is 16.9 Å². The van der Waals surface area contributed by atoms with Crippen LogP contribution in [0.3, 0.4) is 0 Å². The molecular formula is C15H21BrN2. The molecule has 0 saturated heterocycles. The molecule has 0 radical (unpaired) electrons. The first-order chi connectivity index (χ1) is 8.71. The second-order valence-corrected chi connectivity index (χ2v) is 6.72. The van der Waals surface area contributed by atoms with E-state index in [1.165, 1.54) is 43.5 Å². The van der Waals surface area contributed by atoms with Crippen molar-refractivity contribution in [2.24, 2.45) is 5.92 Å². The van der Waals surface area contributed by atoms with Crippen molar-refractivity contribution < 1.29 is 0 Å². The van der Waals surface area contributed by atoms with E-state index in [4.69, 9.17) is 0 Å². The van der Waals surface area contributed by atoms with E-state index in [2.05, 4.69) is 51.7 Å². The lowest BCUT2D eigenvalue weighted by atomic mass is 9.74. The van der Waals surface area contributed by atoms with Gasteiger partial charge in [-0.15, -0.1) is 0 Å². The monoisotopic (exact) mass is 308 g/mol. The lowest BCUT2D eigenvalue weighted by Crippen LogP contribution is -2.50. The van der Waals surface area contributed by atoms with Crippen molar-refractivity contribution in [3.05, 3.63) is 22.7 Å². The lowest BCUT2D eigenvalue weighted by molar-refractivity contribution is 0.255. The molecule has 0 atom stereocenters. The standard InChI is InChI=1S/C15H21BrN2/c1-2-11-5-7-15(8-6-11)10-17-13-4-3-12(16)9-14(13)18-15/h3-4,9,11,17-18H,2,5-8,10H2,1H3. The third-order valence-electron chi connectivity index (χ3n) is 4.64. The Labute approximate surface area is 118 Å². The van der Waals surface area contributed by atoms with Gasteiger partial charge in [-0.2, -0.15) is 0 Å². The van der Waals surface area contributed by atoms with Gasteiger partial charge in [0.1, 0.15) is 0 Å². The molecule has 2 N–H and O–H groups in total. The van der Waals surface area contributed by atoms with E-state index in [0.29, 0.717) is 5.54 Å². The predicted octanol–water partition coefficient (Wildman–Crippen LogP) is 4.63. The molecule has 0 bridgehead atoms. The molecule has 1 fully saturated rings. The van der Waals surface area contributed by atoms with E-state index in [9.17, 15) is 0 Å². The second-order valence-electron chi connectivity index (χ2n) is 5.80. The van der Waals surface area contributed by atoms with Gasteiger partial charge in [-0.3, -0.25) is 0 Å². The van der Waals surface area contributed by atoms with Gasteiger partial charge in [-0.25, -0.2) is 0 Å². The quantitative estimate of drug-likeness (QED) is 0.790. The Morgan fingerprint density at radius 1 is 1.28 bits per heavy atom. The number of benzene rings is 1. The van der Waals surface area contributed by atoms with Gasteiger partial charge in [0.25, 0.3) is 0 Å². The van der Waals surface area contributed by atoms with Gasteiger partial charge in [0.2, 0.25) is 0 Å². The minimum absolute atomic E-state index is 0.291. The van der Waals surface area contributed by atoms with Crippen LogP contribution in [0.1, 0.15) is 39.0 Å². The zero-order chi connectivity index (χ0) is 12.6. The molecule has 98 valence electrons. The third-order valence-corrected chi connectivity index (χ3v) is 5.13. The van der Waals surface area contributed by atoms with Crippen molar-refractivity contribution in [2.45, 2.75) is 44.6 Å². The molecule has 1 aromatic rings. The first-order valence-electron chi connectivity index (χ1n) is 7.02. The van der Waals surface area contributed by atoms with Crippen molar-refractivity contribution in [3.8, 4) is 0 Å². The molecule has 1 saturated carbocycles. The molecule has 0 amide bonds. The maximum atomic E-state index is 3.81. The third kappa shape index (κ3) is 2.25. The van der Waals surface area contributed by atoms with Crippen LogP contribution in [-0.4, -0.2) is 12.1 Å². The van der Waals surface area contributed by atoms with Gasteiger partial charge < -0.3 is 10.6 Å². The molecule has 1 heterocycles. The van der Waals surface area contributed by atoms with Crippen LogP contribution >= 0.6 is 15.9 Å². The highest BCUT2D eigenvalue weighted by Gasteiger charge is 2.37. The lowest BCUT2D eigenvalue weighted by Gasteiger charge is -2.45. The van der Waals surface area contributed by atoms with E-state index in [-0.39, 0.29) is 0 Å². The smallest absolute Gasteiger partial charge is 0.0592 e.